The number of sulfonamides is 1. The molecular formula is C8H16ClNO3S. The van der Waals surface area contributed by atoms with Gasteiger partial charge in [-0.25, -0.2) is 13.1 Å². The molecule has 4 nitrogen and oxygen atoms in total. The van der Waals surface area contributed by atoms with E-state index < -0.39 is 10.0 Å². The van der Waals surface area contributed by atoms with Crippen LogP contribution in [0.5, 0.6) is 0 Å². The number of halogens is 1. The summed E-state index contributed by atoms with van der Waals surface area (Å²) in [6, 6.07) is 0.0215. The highest BCUT2D eigenvalue weighted by Gasteiger charge is 2.27. The first-order valence-electron chi connectivity index (χ1n) is 4.66. The van der Waals surface area contributed by atoms with Crippen LogP contribution in [0.3, 0.4) is 0 Å². The number of hydrogen-bond donors (Lipinski definition) is 1. The molecule has 0 radical (unpaired) electrons. The molecule has 1 aliphatic rings. The van der Waals surface area contributed by atoms with Crippen LogP contribution in [0.2, 0.25) is 0 Å². The topological polar surface area (TPSA) is 55.4 Å². The van der Waals surface area contributed by atoms with Crippen LogP contribution in [0.4, 0.5) is 0 Å². The van der Waals surface area contributed by atoms with Gasteiger partial charge in [0.2, 0.25) is 10.0 Å². The fraction of sp³-hybridized carbons (Fsp3) is 1.00. The van der Waals surface area contributed by atoms with E-state index in [0.29, 0.717) is 0 Å². The van der Waals surface area contributed by atoms with Gasteiger partial charge in [0.15, 0.2) is 0 Å². The van der Waals surface area contributed by atoms with E-state index in [4.69, 9.17) is 16.3 Å². The Morgan fingerprint density at radius 1 is 1.50 bits per heavy atom. The molecule has 14 heavy (non-hydrogen) atoms. The van der Waals surface area contributed by atoms with Gasteiger partial charge in [-0.05, 0) is 19.3 Å². The minimum absolute atomic E-state index is 0.0112. The van der Waals surface area contributed by atoms with Crippen molar-refractivity contribution in [3.05, 3.63) is 0 Å². The lowest BCUT2D eigenvalue weighted by molar-refractivity contribution is 0.107. The summed E-state index contributed by atoms with van der Waals surface area (Å²) in [5, 5.41) is 0. The number of nitrogens with one attached hydrogen (secondary N) is 1. The number of ether oxygens (including phenoxy) is 1. The Morgan fingerprint density at radius 2 is 2.21 bits per heavy atom. The van der Waals surface area contributed by atoms with E-state index in [1.165, 1.54) is 0 Å². The second-order valence-corrected chi connectivity index (χ2v) is 5.74. The van der Waals surface area contributed by atoms with Gasteiger partial charge in [0.05, 0.1) is 11.9 Å². The van der Waals surface area contributed by atoms with Gasteiger partial charge in [-0.2, -0.15) is 0 Å². The Morgan fingerprint density at radius 3 is 2.71 bits per heavy atom. The number of hydrogen-bond acceptors (Lipinski definition) is 3. The summed E-state index contributed by atoms with van der Waals surface area (Å²) in [6.07, 6.45) is 2.72. The number of rotatable bonds is 5. The first-order valence-corrected chi connectivity index (χ1v) is 6.85. The summed E-state index contributed by atoms with van der Waals surface area (Å²) in [7, 11) is -1.53. The Bertz CT molecular complexity index is 268. The van der Waals surface area contributed by atoms with Crippen molar-refractivity contribution in [1.82, 2.24) is 4.72 Å². The van der Waals surface area contributed by atoms with Crippen LogP contribution < -0.4 is 4.72 Å². The van der Waals surface area contributed by atoms with Crippen molar-refractivity contribution in [2.24, 2.45) is 0 Å². The van der Waals surface area contributed by atoms with Crippen molar-refractivity contribution in [2.75, 3.05) is 18.7 Å². The standard InChI is InChI=1S/C8H16ClNO3S/c1-13-8-3-2-7(6-8)10-14(11,12)5-4-9/h7-8,10H,2-6H2,1H3. The molecule has 84 valence electrons. The van der Waals surface area contributed by atoms with E-state index in [0.717, 1.165) is 19.3 Å². The van der Waals surface area contributed by atoms with Gasteiger partial charge in [-0.15, -0.1) is 11.6 Å². The van der Waals surface area contributed by atoms with Crippen LogP contribution >= 0.6 is 11.6 Å². The van der Waals surface area contributed by atoms with Gasteiger partial charge in [-0.1, -0.05) is 0 Å². The predicted molar refractivity (Wildman–Crippen MR) is 56.1 cm³/mol. The number of methoxy groups -OCH3 is 1. The van der Waals surface area contributed by atoms with Crippen molar-refractivity contribution in [1.29, 1.82) is 0 Å². The smallest absolute Gasteiger partial charge is 0.213 e. The summed E-state index contributed by atoms with van der Waals surface area (Å²) >= 11 is 5.38. The molecule has 0 spiro atoms. The third-order valence-electron chi connectivity index (χ3n) is 2.41. The molecular weight excluding hydrogens is 226 g/mol. The zero-order valence-electron chi connectivity index (χ0n) is 8.20. The number of alkyl halides is 1. The van der Waals surface area contributed by atoms with Crippen LogP contribution in [0, 0.1) is 0 Å². The van der Waals surface area contributed by atoms with Gasteiger partial charge >= 0.3 is 0 Å². The van der Waals surface area contributed by atoms with Crippen molar-refractivity contribution < 1.29 is 13.2 Å². The molecule has 0 saturated heterocycles. The molecule has 0 aliphatic heterocycles. The first kappa shape index (κ1) is 12.2. The Balaban J connectivity index is 2.39. The molecule has 1 fully saturated rings. The van der Waals surface area contributed by atoms with Crippen LogP contribution in [0.15, 0.2) is 0 Å². The van der Waals surface area contributed by atoms with E-state index >= 15 is 0 Å². The normalized spacial score (nSPS) is 28.1. The van der Waals surface area contributed by atoms with E-state index in [1.807, 2.05) is 0 Å². The van der Waals surface area contributed by atoms with Gasteiger partial charge in [0.25, 0.3) is 0 Å². The van der Waals surface area contributed by atoms with E-state index in [-0.39, 0.29) is 23.8 Å². The third-order valence-corrected chi connectivity index (χ3v) is 4.26. The Labute approximate surface area is 90.0 Å². The van der Waals surface area contributed by atoms with Gasteiger partial charge in [0, 0.05) is 19.0 Å². The molecule has 2 unspecified atom stereocenters. The molecule has 0 heterocycles. The largest absolute Gasteiger partial charge is 0.381 e. The zero-order chi connectivity index (χ0) is 10.6. The SMILES string of the molecule is COC1CCC(NS(=O)(=O)CCCl)C1. The Hall–Kier alpha value is 0.160. The third kappa shape index (κ3) is 3.73. The molecule has 0 aromatic carbocycles. The minimum atomic E-state index is -3.18. The molecule has 6 heteroatoms. The molecule has 1 rings (SSSR count). The van der Waals surface area contributed by atoms with Crippen LogP contribution in [-0.4, -0.2) is 39.3 Å². The molecule has 0 bridgehead atoms. The summed E-state index contributed by atoms with van der Waals surface area (Å²) in [5.41, 5.74) is 0. The average Bonchev–Trinajstić information content (AvgIpc) is 2.51. The lowest BCUT2D eigenvalue weighted by Gasteiger charge is -2.12. The van der Waals surface area contributed by atoms with Gasteiger partial charge in [-0.3, -0.25) is 0 Å². The van der Waals surface area contributed by atoms with Crippen molar-refractivity contribution >= 4 is 21.6 Å². The average molecular weight is 242 g/mol. The Kier molecular flexibility index (Phi) is 4.63. The van der Waals surface area contributed by atoms with E-state index in [9.17, 15) is 8.42 Å². The van der Waals surface area contributed by atoms with Gasteiger partial charge < -0.3 is 4.74 Å². The van der Waals surface area contributed by atoms with Crippen molar-refractivity contribution in [3.8, 4) is 0 Å². The fourth-order valence-corrected chi connectivity index (χ4v) is 3.33. The summed E-state index contributed by atoms with van der Waals surface area (Å²) in [4.78, 5) is 0. The maximum Gasteiger partial charge on any atom is 0.213 e. The molecule has 1 N–H and O–H groups in total. The molecule has 0 aromatic rings. The fourth-order valence-electron chi connectivity index (χ4n) is 1.68. The molecule has 0 amide bonds. The minimum Gasteiger partial charge on any atom is -0.381 e. The quantitative estimate of drug-likeness (QED) is 0.722. The van der Waals surface area contributed by atoms with Crippen LogP contribution in [0.25, 0.3) is 0 Å². The molecule has 1 aliphatic carbocycles. The monoisotopic (exact) mass is 241 g/mol. The second kappa shape index (κ2) is 5.30. The highest BCUT2D eigenvalue weighted by molar-refractivity contribution is 7.89. The van der Waals surface area contributed by atoms with Crippen LogP contribution in [-0.2, 0) is 14.8 Å². The molecule has 0 aromatic heterocycles. The zero-order valence-corrected chi connectivity index (χ0v) is 9.77. The highest BCUT2D eigenvalue weighted by atomic mass is 35.5. The van der Waals surface area contributed by atoms with E-state index in [2.05, 4.69) is 4.72 Å². The predicted octanol–water partition coefficient (Wildman–Crippen LogP) is 0.712. The van der Waals surface area contributed by atoms with Gasteiger partial charge in [0.1, 0.15) is 0 Å². The van der Waals surface area contributed by atoms with E-state index in [1.54, 1.807) is 7.11 Å². The second-order valence-electron chi connectivity index (χ2n) is 3.49. The summed E-state index contributed by atoms with van der Waals surface area (Å²) in [6.45, 7) is 0. The molecule has 2 atom stereocenters. The highest BCUT2D eigenvalue weighted by Crippen LogP contribution is 2.21. The summed E-state index contributed by atoms with van der Waals surface area (Å²) < 4.78 is 30.5. The maximum atomic E-state index is 11.3. The lowest BCUT2D eigenvalue weighted by atomic mass is 10.3. The van der Waals surface area contributed by atoms with Crippen LogP contribution in [0.1, 0.15) is 19.3 Å². The maximum absolute atomic E-state index is 11.3. The van der Waals surface area contributed by atoms with Crippen molar-refractivity contribution in [3.63, 3.8) is 0 Å². The lowest BCUT2D eigenvalue weighted by Crippen LogP contribution is -2.35. The molecule has 1 saturated carbocycles. The first-order chi connectivity index (χ1) is 6.57. The van der Waals surface area contributed by atoms with Crippen molar-refractivity contribution in [2.45, 2.75) is 31.4 Å². The summed E-state index contributed by atoms with van der Waals surface area (Å²) in [5.74, 6) is 0.123.